The van der Waals surface area contributed by atoms with Crippen LogP contribution in [0.4, 0.5) is 4.79 Å². The van der Waals surface area contributed by atoms with E-state index in [1.54, 1.807) is 6.33 Å². The van der Waals surface area contributed by atoms with Crippen molar-refractivity contribution in [2.45, 2.75) is 68.3 Å². The third kappa shape index (κ3) is 5.13. The second kappa shape index (κ2) is 9.38. The zero-order valence-electron chi connectivity index (χ0n) is 19.8. The summed E-state index contributed by atoms with van der Waals surface area (Å²) in [6, 6.07) is 3.88. The molecule has 1 aromatic carbocycles. The van der Waals surface area contributed by atoms with Crippen LogP contribution in [-0.2, 0) is 11.3 Å². The van der Waals surface area contributed by atoms with E-state index in [1.165, 1.54) is 11.8 Å². The summed E-state index contributed by atoms with van der Waals surface area (Å²) in [5.74, 6) is 1.39. The lowest BCUT2D eigenvalue weighted by Gasteiger charge is -2.28. The fraction of sp³-hybridized carbons (Fsp3) is 0.478. The summed E-state index contributed by atoms with van der Waals surface area (Å²) >= 11 is 5.02. The average Bonchev–Trinajstić information content (AvgIpc) is 3.52. The van der Waals surface area contributed by atoms with Gasteiger partial charge in [0.25, 0.3) is 0 Å². The molecule has 2 aliphatic rings. The number of hydrogen-bond donors (Lipinski definition) is 2. The molecule has 1 unspecified atom stereocenters. The van der Waals surface area contributed by atoms with E-state index < -0.39 is 5.60 Å². The summed E-state index contributed by atoms with van der Waals surface area (Å²) in [5, 5.41) is 8.89. The standard InChI is InChI=1S/C23H27BrN6O4S/c1-23(2,3)34-22(31)30-7-4-5-13(30)6-8-29-11-26-19(25)18-20(29)28-21(27-18)35-17-10-16-15(9-14(17)24)32-12-33-16/h9-11,13,25H,4-8,12H2,1-3H3,(H,27,28). The minimum atomic E-state index is -0.519. The first-order valence-electron chi connectivity index (χ1n) is 11.4. The molecular formula is C23H27BrN6O4S. The highest BCUT2D eigenvalue weighted by Gasteiger charge is 2.32. The molecule has 3 aromatic rings. The van der Waals surface area contributed by atoms with Crippen molar-refractivity contribution in [2.75, 3.05) is 13.3 Å². The minimum Gasteiger partial charge on any atom is -0.454 e. The van der Waals surface area contributed by atoms with Gasteiger partial charge in [-0.2, -0.15) is 0 Å². The fourth-order valence-corrected chi connectivity index (χ4v) is 5.62. The van der Waals surface area contributed by atoms with Gasteiger partial charge in [0.1, 0.15) is 11.1 Å². The number of benzene rings is 1. The highest BCUT2D eigenvalue weighted by Crippen LogP contribution is 2.42. The van der Waals surface area contributed by atoms with Crippen molar-refractivity contribution in [2.24, 2.45) is 0 Å². The van der Waals surface area contributed by atoms with E-state index in [4.69, 9.17) is 24.6 Å². The number of imidazole rings is 1. The molecule has 0 aliphatic carbocycles. The van der Waals surface area contributed by atoms with Crippen molar-refractivity contribution < 1.29 is 19.0 Å². The monoisotopic (exact) mass is 562 g/mol. The first kappa shape index (κ1) is 24.0. The largest absolute Gasteiger partial charge is 0.454 e. The van der Waals surface area contributed by atoms with E-state index in [9.17, 15) is 4.79 Å². The molecule has 10 nitrogen and oxygen atoms in total. The number of nitrogens with zero attached hydrogens (tertiary/aromatic N) is 4. The van der Waals surface area contributed by atoms with Gasteiger partial charge >= 0.3 is 6.09 Å². The average molecular weight is 563 g/mol. The molecule has 186 valence electrons. The topological polar surface area (TPSA) is 118 Å². The Balaban J connectivity index is 1.34. The van der Waals surface area contributed by atoms with Crippen LogP contribution in [0.5, 0.6) is 11.5 Å². The smallest absolute Gasteiger partial charge is 0.410 e. The van der Waals surface area contributed by atoms with Gasteiger partial charge in [-0.15, -0.1) is 0 Å². The Hall–Kier alpha value is -2.73. The Bertz CT molecular complexity index is 1330. The second-order valence-corrected chi connectivity index (χ2v) is 11.4. The van der Waals surface area contributed by atoms with Crippen LogP contribution in [0, 0.1) is 5.41 Å². The molecular weight excluding hydrogens is 536 g/mol. The minimum absolute atomic E-state index is 0.0976. The summed E-state index contributed by atoms with van der Waals surface area (Å²) in [4.78, 5) is 27.6. The van der Waals surface area contributed by atoms with Crippen molar-refractivity contribution >= 4 is 44.9 Å². The summed E-state index contributed by atoms with van der Waals surface area (Å²) in [7, 11) is 0. The molecule has 1 fully saturated rings. The first-order chi connectivity index (χ1) is 16.7. The van der Waals surface area contributed by atoms with E-state index in [2.05, 4.69) is 25.9 Å². The van der Waals surface area contributed by atoms with Crippen LogP contribution < -0.4 is 15.0 Å². The molecule has 5 rings (SSSR count). The maximum absolute atomic E-state index is 12.6. The predicted molar refractivity (Wildman–Crippen MR) is 133 cm³/mol. The molecule has 0 saturated carbocycles. The highest BCUT2D eigenvalue weighted by atomic mass is 79.9. The molecule has 1 amide bonds. The second-order valence-electron chi connectivity index (χ2n) is 9.52. The van der Waals surface area contributed by atoms with Crippen LogP contribution in [0.2, 0.25) is 0 Å². The van der Waals surface area contributed by atoms with Gasteiger partial charge in [0.05, 0.1) is 6.33 Å². The maximum Gasteiger partial charge on any atom is 0.410 e. The van der Waals surface area contributed by atoms with Crippen LogP contribution in [-0.4, -0.2) is 55.5 Å². The number of amides is 1. The lowest BCUT2D eigenvalue weighted by atomic mass is 10.1. The summed E-state index contributed by atoms with van der Waals surface area (Å²) in [6.07, 6.45) is 4.03. The van der Waals surface area contributed by atoms with Crippen LogP contribution in [0.25, 0.3) is 11.2 Å². The molecule has 1 saturated heterocycles. The Labute approximate surface area is 215 Å². The number of ether oxygens (including phenoxy) is 3. The van der Waals surface area contributed by atoms with Gasteiger partial charge in [0, 0.05) is 28.5 Å². The number of fused-ring (bicyclic) bond motifs is 2. The maximum atomic E-state index is 12.6. The number of carbonyl (C=O) groups is 1. The van der Waals surface area contributed by atoms with Crippen LogP contribution in [0.1, 0.15) is 40.0 Å². The zero-order chi connectivity index (χ0) is 24.7. The van der Waals surface area contributed by atoms with Gasteiger partial charge in [-0.1, -0.05) is 11.8 Å². The molecule has 0 spiro atoms. The summed E-state index contributed by atoms with van der Waals surface area (Å²) < 4.78 is 19.3. The number of aromatic amines is 1. The summed E-state index contributed by atoms with van der Waals surface area (Å²) in [5.41, 5.74) is 0.847. The Morgan fingerprint density at radius 2 is 2.11 bits per heavy atom. The number of hydrogen-bond acceptors (Lipinski definition) is 8. The van der Waals surface area contributed by atoms with E-state index >= 15 is 0 Å². The van der Waals surface area contributed by atoms with Crippen LogP contribution in [0.15, 0.2) is 33.0 Å². The lowest BCUT2D eigenvalue weighted by molar-refractivity contribution is 0.0217. The third-order valence-electron chi connectivity index (χ3n) is 5.84. The Morgan fingerprint density at radius 1 is 1.34 bits per heavy atom. The first-order valence-corrected chi connectivity index (χ1v) is 13.1. The fourth-order valence-electron chi connectivity index (χ4n) is 4.24. The highest BCUT2D eigenvalue weighted by molar-refractivity contribution is 9.10. The van der Waals surface area contributed by atoms with Crippen molar-refractivity contribution in [1.82, 2.24) is 24.4 Å². The van der Waals surface area contributed by atoms with Gasteiger partial charge < -0.3 is 28.7 Å². The number of carbonyl (C=O) groups excluding carboxylic acids is 1. The van der Waals surface area contributed by atoms with Gasteiger partial charge in [-0.25, -0.2) is 14.8 Å². The number of aryl methyl sites for hydroxylation is 1. The molecule has 4 heterocycles. The number of aromatic nitrogens is 4. The van der Waals surface area contributed by atoms with Crippen LogP contribution in [0.3, 0.4) is 0 Å². The Morgan fingerprint density at radius 3 is 2.89 bits per heavy atom. The number of nitrogens with one attached hydrogen (secondary N) is 2. The lowest BCUT2D eigenvalue weighted by Crippen LogP contribution is -2.40. The number of H-pyrrole nitrogens is 1. The summed E-state index contributed by atoms with van der Waals surface area (Å²) in [6.45, 7) is 7.18. The third-order valence-corrected chi connectivity index (χ3v) is 7.70. The zero-order valence-corrected chi connectivity index (χ0v) is 22.2. The number of rotatable bonds is 5. The molecule has 0 radical (unpaired) electrons. The number of halogens is 1. The van der Waals surface area contributed by atoms with Gasteiger partial charge in [0.15, 0.2) is 27.8 Å². The van der Waals surface area contributed by atoms with E-state index in [-0.39, 0.29) is 24.4 Å². The van der Waals surface area contributed by atoms with Crippen molar-refractivity contribution in [3.63, 3.8) is 0 Å². The molecule has 35 heavy (non-hydrogen) atoms. The Kier molecular flexibility index (Phi) is 6.43. The molecule has 2 aromatic heterocycles. The van der Waals surface area contributed by atoms with E-state index in [0.717, 1.165) is 28.6 Å². The van der Waals surface area contributed by atoms with E-state index in [0.29, 0.717) is 40.9 Å². The van der Waals surface area contributed by atoms with Crippen molar-refractivity contribution in [1.29, 1.82) is 5.41 Å². The molecule has 0 bridgehead atoms. The molecule has 1 atom stereocenters. The van der Waals surface area contributed by atoms with Gasteiger partial charge in [-0.05, 0) is 68.1 Å². The predicted octanol–water partition coefficient (Wildman–Crippen LogP) is 4.67. The van der Waals surface area contributed by atoms with Gasteiger partial charge in [0.2, 0.25) is 6.79 Å². The number of likely N-dealkylation sites (tertiary alicyclic amines) is 1. The van der Waals surface area contributed by atoms with Crippen LogP contribution >= 0.6 is 27.7 Å². The van der Waals surface area contributed by atoms with Gasteiger partial charge in [-0.3, -0.25) is 5.41 Å². The van der Waals surface area contributed by atoms with Crippen molar-refractivity contribution in [3.8, 4) is 11.5 Å². The molecule has 12 heteroatoms. The van der Waals surface area contributed by atoms with E-state index in [1.807, 2.05) is 42.4 Å². The molecule has 2 aliphatic heterocycles. The quantitative estimate of drug-likeness (QED) is 0.463. The van der Waals surface area contributed by atoms with Crippen molar-refractivity contribution in [3.05, 3.63) is 28.4 Å². The molecule has 2 N–H and O–H groups in total. The SMILES string of the molecule is CC(C)(C)OC(=O)N1CCCC1CCn1cnc(=N)c2[nH]c(Sc3cc4c(cc3Br)OCO4)nc21. The normalized spacial score (nSPS) is 17.4.